The van der Waals surface area contributed by atoms with Crippen molar-refractivity contribution in [3.05, 3.63) is 107 Å². The topological polar surface area (TPSA) is 77.6 Å². The molecule has 3 heterocycles. The number of anilines is 1. The number of imidazole rings is 1. The molecule has 0 radical (unpaired) electrons. The second-order valence-corrected chi connectivity index (χ2v) is 8.63. The Morgan fingerprint density at radius 1 is 1.03 bits per heavy atom. The molecule has 8 heteroatoms. The molecule has 1 N–H and O–H groups in total. The van der Waals surface area contributed by atoms with Gasteiger partial charge in [-0.15, -0.1) is 0 Å². The van der Waals surface area contributed by atoms with Gasteiger partial charge in [0.2, 0.25) is 0 Å². The maximum Gasteiger partial charge on any atom is 0.257 e. The van der Waals surface area contributed by atoms with Crippen LogP contribution in [0.4, 0.5) is 10.1 Å². The zero-order valence-electron chi connectivity index (χ0n) is 20.4. The molecule has 0 aliphatic rings. The van der Waals surface area contributed by atoms with Crippen molar-refractivity contribution >= 4 is 22.8 Å². The average molecular weight is 483 g/mol. The smallest absolute Gasteiger partial charge is 0.257 e. The van der Waals surface area contributed by atoms with E-state index in [9.17, 15) is 4.79 Å². The molecule has 0 saturated carbocycles. The number of carbonyl (C=O) groups is 1. The Bertz CT molecular complexity index is 1510. The maximum atomic E-state index is 15.1. The highest BCUT2D eigenvalue weighted by molar-refractivity contribution is 6.05. The van der Waals surface area contributed by atoms with Gasteiger partial charge in [0.1, 0.15) is 11.6 Å². The standard InChI is InChI=1S/C28H27FN6O/c1-4-34-17-20(16-31-34)32-28(36)19-14-24-26(30-15-19)33-27(35(24)5-2)25(21-11-7-6-10-18(21)3)22-12-8-9-13-23(22)29/h6-17,25H,4-5H2,1-3H3,(H,32,36). The van der Waals surface area contributed by atoms with Crippen LogP contribution < -0.4 is 5.32 Å². The number of aromatic nitrogens is 5. The van der Waals surface area contributed by atoms with Gasteiger partial charge in [-0.3, -0.25) is 9.48 Å². The van der Waals surface area contributed by atoms with Crippen LogP contribution in [0.2, 0.25) is 0 Å². The van der Waals surface area contributed by atoms with Crippen LogP contribution in [0.1, 0.15) is 52.6 Å². The minimum atomic E-state index is -0.432. The molecule has 0 fully saturated rings. The Hall–Kier alpha value is -4.33. The van der Waals surface area contributed by atoms with Gasteiger partial charge in [-0.25, -0.2) is 14.4 Å². The van der Waals surface area contributed by atoms with E-state index in [4.69, 9.17) is 4.98 Å². The number of nitrogens with zero attached hydrogens (tertiary/aromatic N) is 5. The largest absolute Gasteiger partial charge is 0.326 e. The third kappa shape index (κ3) is 4.26. The minimum absolute atomic E-state index is 0.282. The van der Waals surface area contributed by atoms with E-state index in [1.807, 2.05) is 55.7 Å². The quantitative estimate of drug-likeness (QED) is 0.330. The van der Waals surface area contributed by atoms with E-state index < -0.39 is 5.92 Å². The van der Waals surface area contributed by atoms with E-state index >= 15 is 4.39 Å². The molecule has 1 unspecified atom stereocenters. The number of amides is 1. The van der Waals surface area contributed by atoms with Crippen LogP contribution in [0, 0.1) is 12.7 Å². The van der Waals surface area contributed by atoms with E-state index in [2.05, 4.69) is 15.4 Å². The van der Waals surface area contributed by atoms with Gasteiger partial charge in [-0.1, -0.05) is 42.5 Å². The lowest BCUT2D eigenvalue weighted by atomic mass is 9.87. The zero-order chi connectivity index (χ0) is 25.2. The molecule has 0 saturated heterocycles. The molecule has 5 aromatic rings. The van der Waals surface area contributed by atoms with Gasteiger partial charge in [0.05, 0.1) is 28.9 Å². The number of aryl methyl sites for hydroxylation is 3. The summed E-state index contributed by atoms with van der Waals surface area (Å²) in [5, 5.41) is 7.06. The number of pyridine rings is 1. The van der Waals surface area contributed by atoms with Crippen molar-refractivity contribution < 1.29 is 9.18 Å². The molecule has 1 atom stereocenters. The first-order valence-corrected chi connectivity index (χ1v) is 12.0. The van der Waals surface area contributed by atoms with Crippen molar-refractivity contribution in [3.63, 3.8) is 0 Å². The Labute approximate surface area is 208 Å². The number of fused-ring (bicyclic) bond motifs is 1. The molecule has 0 spiro atoms. The molecule has 3 aromatic heterocycles. The van der Waals surface area contributed by atoms with E-state index in [1.165, 1.54) is 12.3 Å². The molecule has 182 valence electrons. The fourth-order valence-corrected chi connectivity index (χ4v) is 4.57. The molecule has 0 aliphatic carbocycles. The van der Waals surface area contributed by atoms with Crippen molar-refractivity contribution in [2.75, 3.05) is 5.32 Å². The summed E-state index contributed by atoms with van der Waals surface area (Å²) in [6, 6.07) is 16.5. The highest BCUT2D eigenvalue weighted by Gasteiger charge is 2.27. The summed E-state index contributed by atoms with van der Waals surface area (Å²) in [4.78, 5) is 22.3. The highest BCUT2D eigenvalue weighted by atomic mass is 19.1. The second-order valence-electron chi connectivity index (χ2n) is 8.63. The van der Waals surface area contributed by atoms with Crippen LogP contribution in [-0.4, -0.2) is 30.2 Å². The Balaban J connectivity index is 1.62. The SMILES string of the molecule is CCn1cc(NC(=O)c2cnc3nc(C(c4ccccc4C)c4ccccc4F)n(CC)c3c2)cn1. The second kappa shape index (κ2) is 9.73. The molecule has 2 aromatic carbocycles. The number of nitrogens with one attached hydrogen (secondary N) is 1. The van der Waals surface area contributed by atoms with Crippen molar-refractivity contribution in [2.45, 2.75) is 39.8 Å². The summed E-state index contributed by atoms with van der Waals surface area (Å²) >= 11 is 0. The van der Waals surface area contributed by atoms with Gasteiger partial charge >= 0.3 is 0 Å². The van der Waals surface area contributed by atoms with Crippen LogP contribution in [0.3, 0.4) is 0 Å². The summed E-state index contributed by atoms with van der Waals surface area (Å²) in [7, 11) is 0. The summed E-state index contributed by atoms with van der Waals surface area (Å²) in [6.07, 6.45) is 4.91. The van der Waals surface area contributed by atoms with Crippen molar-refractivity contribution in [2.24, 2.45) is 0 Å². The Morgan fingerprint density at radius 3 is 2.47 bits per heavy atom. The number of hydrogen-bond acceptors (Lipinski definition) is 4. The number of benzene rings is 2. The van der Waals surface area contributed by atoms with Gasteiger partial charge in [0.25, 0.3) is 5.91 Å². The molecular formula is C28H27FN6O. The number of halogens is 1. The van der Waals surface area contributed by atoms with Crippen molar-refractivity contribution in [1.82, 2.24) is 24.3 Å². The van der Waals surface area contributed by atoms with E-state index in [0.717, 1.165) is 16.6 Å². The van der Waals surface area contributed by atoms with E-state index in [1.54, 1.807) is 35.3 Å². The normalized spacial score (nSPS) is 12.1. The number of carbonyl (C=O) groups excluding carboxylic acids is 1. The average Bonchev–Trinajstić information content (AvgIpc) is 3.49. The monoisotopic (exact) mass is 482 g/mol. The van der Waals surface area contributed by atoms with Crippen LogP contribution in [0.25, 0.3) is 11.2 Å². The first-order valence-electron chi connectivity index (χ1n) is 12.0. The van der Waals surface area contributed by atoms with Crippen molar-refractivity contribution in [1.29, 1.82) is 0 Å². The lowest BCUT2D eigenvalue weighted by Crippen LogP contribution is -2.14. The maximum absolute atomic E-state index is 15.1. The van der Waals surface area contributed by atoms with Crippen LogP contribution in [0.5, 0.6) is 0 Å². The van der Waals surface area contributed by atoms with E-state index in [-0.39, 0.29) is 11.7 Å². The number of hydrogen-bond donors (Lipinski definition) is 1. The summed E-state index contributed by atoms with van der Waals surface area (Å²) in [5.74, 6) is -0.323. The van der Waals surface area contributed by atoms with Crippen molar-refractivity contribution in [3.8, 4) is 0 Å². The fourth-order valence-electron chi connectivity index (χ4n) is 4.57. The predicted octanol–water partition coefficient (Wildman–Crippen LogP) is 5.55. The predicted molar refractivity (Wildman–Crippen MR) is 138 cm³/mol. The minimum Gasteiger partial charge on any atom is -0.326 e. The number of rotatable bonds is 7. The van der Waals surface area contributed by atoms with Crippen LogP contribution in [-0.2, 0) is 13.1 Å². The third-order valence-corrected chi connectivity index (χ3v) is 6.40. The van der Waals surface area contributed by atoms with Gasteiger partial charge < -0.3 is 9.88 Å². The first kappa shape index (κ1) is 23.4. The molecule has 0 bridgehead atoms. The van der Waals surface area contributed by atoms with Gasteiger partial charge in [0, 0.05) is 31.0 Å². The molecule has 5 rings (SSSR count). The van der Waals surface area contributed by atoms with Gasteiger partial charge in [0.15, 0.2) is 5.65 Å². The first-order chi connectivity index (χ1) is 17.5. The lowest BCUT2D eigenvalue weighted by Gasteiger charge is -2.21. The fraction of sp³-hybridized carbons (Fsp3) is 0.214. The summed E-state index contributed by atoms with van der Waals surface area (Å²) in [5.41, 5.74) is 4.82. The third-order valence-electron chi connectivity index (χ3n) is 6.40. The molecule has 7 nitrogen and oxygen atoms in total. The Morgan fingerprint density at radius 2 is 1.78 bits per heavy atom. The molecule has 1 amide bonds. The van der Waals surface area contributed by atoms with Gasteiger partial charge in [-0.2, -0.15) is 5.10 Å². The summed E-state index contributed by atoms with van der Waals surface area (Å²) < 4.78 is 18.9. The highest BCUT2D eigenvalue weighted by Crippen LogP contribution is 2.36. The van der Waals surface area contributed by atoms with Crippen LogP contribution >= 0.6 is 0 Å². The molecular weight excluding hydrogens is 455 g/mol. The van der Waals surface area contributed by atoms with Gasteiger partial charge in [-0.05, 0) is 44.0 Å². The molecule has 0 aliphatic heterocycles. The Kier molecular flexibility index (Phi) is 6.33. The summed E-state index contributed by atoms with van der Waals surface area (Å²) in [6.45, 7) is 7.30. The zero-order valence-corrected chi connectivity index (χ0v) is 20.4. The lowest BCUT2D eigenvalue weighted by molar-refractivity contribution is 0.102. The van der Waals surface area contributed by atoms with E-state index in [0.29, 0.717) is 41.4 Å². The molecule has 36 heavy (non-hydrogen) atoms. The van der Waals surface area contributed by atoms with Crippen LogP contribution in [0.15, 0.2) is 73.2 Å².